The number of aromatic nitrogens is 2. The van der Waals surface area contributed by atoms with Crippen molar-refractivity contribution >= 4 is 28.8 Å². The monoisotopic (exact) mass is 422 g/mol. The van der Waals surface area contributed by atoms with Crippen LogP contribution in [-0.2, 0) is 4.74 Å². The lowest BCUT2D eigenvalue weighted by atomic mass is 10.1. The Labute approximate surface area is 178 Å². The first-order chi connectivity index (χ1) is 14.6. The van der Waals surface area contributed by atoms with Gasteiger partial charge in [-0.3, -0.25) is 14.6 Å². The maximum absolute atomic E-state index is 12.9. The molecule has 8 heteroatoms. The highest BCUT2D eigenvalue weighted by Gasteiger charge is 2.21. The second-order valence-corrected chi connectivity index (χ2v) is 7.99. The van der Waals surface area contributed by atoms with Crippen molar-refractivity contribution in [3.8, 4) is 10.7 Å². The Morgan fingerprint density at radius 1 is 1.17 bits per heavy atom. The van der Waals surface area contributed by atoms with E-state index < -0.39 is 0 Å². The summed E-state index contributed by atoms with van der Waals surface area (Å²) in [5.41, 5.74) is 2.22. The number of nitrogens with zero attached hydrogens (tertiary/aromatic N) is 2. The summed E-state index contributed by atoms with van der Waals surface area (Å²) in [7, 11) is 0. The fourth-order valence-electron chi connectivity index (χ4n) is 3.28. The topological polar surface area (TPSA) is 93.2 Å². The molecular weight excluding hydrogens is 400 g/mol. The van der Waals surface area contributed by atoms with Gasteiger partial charge in [-0.25, -0.2) is 4.98 Å². The summed E-state index contributed by atoms with van der Waals surface area (Å²) < 4.78 is 5.55. The number of pyridine rings is 1. The summed E-state index contributed by atoms with van der Waals surface area (Å²) >= 11 is 1.28. The van der Waals surface area contributed by atoms with Crippen LogP contribution in [0.2, 0.25) is 0 Å². The highest BCUT2D eigenvalue weighted by atomic mass is 32.1. The zero-order valence-electron chi connectivity index (χ0n) is 16.6. The van der Waals surface area contributed by atoms with E-state index in [9.17, 15) is 9.59 Å². The van der Waals surface area contributed by atoms with Crippen molar-refractivity contribution in [3.63, 3.8) is 0 Å². The van der Waals surface area contributed by atoms with Crippen LogP contribution in [0.3, 0.4) is 0 Å². The normalized spacial score (nSPS) is 15.7. The summed E-state index contributed by atoms with van der Waals surface area (Å²) in [6.45, 7) is 2.99. The van der Waals surface area contributed by atoms with E-state index >= 15 is 0 Å². The van der Waals surface area contributed by atoms with Gasteiger partial charge in [0.15, 0.2) is 0 Å². The zero-order chi connectivity index (χ0) is 20.9. The van der Waals surface area contributed by atoms with Gasteiger partial charge in [-0.1, -0.05) is 18.2 Å². The minimum atomic E-state index is -0.299. The van der Waals surface area contributed by atoms with Crippen LogP contribution >= 0.6 is 11.3 Å². The number of rotatable bonds is 6. The number of hydrogen-bond donors (Lipinski definition) is 2. The van der Waals surface area contributed by atoms with Crippen LogP contribution in [-0.4, -0.2) is 41.0 Å². The number of para-hydroxylation sites is 1. The fraction of sp³-hybridized carbons (Fsp3) is 0.273. The molecular formula is C22H22N4O3S. The molecule has 4 rings (SSSR count). The molecule has 7 nitrogen and oxygen atoms in total. The quantitative estimate of drug-likeness (QED) is 0.632. The molecule has 154 valence electrons. The lowest BCUT2D eigenvalue weighted by molar-refractivity contribution is 0.0858. The van der Waals surface area contributed by atoms with Crippen molar-refractivity contribution < 1.29 is 14.3 Å². The Kier molecular flexibility index (Phi) is 6.15. The molecule has 1 aromatic carbocycles. The molecule has 0 bridgehead atoms. The molecule has 3 aromatic rings. The fourth-order valence-corrected chi connectivity index (χ4v) is 4.22. The molecule has 2 amide bonds. The number of anilines is 1. The molecule has 0 aliphatic carbocycles. The van der Waals surface area contributed by atoms with Gasteiger partial charge in [-0.05, 0) is 44.0 Å². The minimum absolute atomic E-state index is 0.0561. The van der Waals surface area contributed by atoms with Crippen molar-refractivity contribution in [1.82, 2.24) is 15.3 Å². The lowest BCUT2D eigenvalue weighted by Gasteiger charge is -2.13. The molecule has 1 aliphatic heterocycles. The van der Waals surface area contributed by atoms with Crippen molar-refractivity contribution in [2.75, 3.05) is 18.5 Å². The Hall–Kier alpha value is -3.10. The van der Waals surface area contributed by atoms with Crippen LogP contribution in [0.15, 0.2) is 48.7 Å². The summed E-state index contributed by atoms with van der Waals surface area (Å²) in [6, 6.07) is 12.5. The molecule has 1 fully saturated rings. The van der Waals surface area contributed by atoms with Crippen molar-refractivity contribution in [2.24, 2.45) is 0 Å². The van der Waals surface area contributed by atoms with Crippen LogP contribution in [0, 0.1) is 6.92 Å². The van der Waals surface area contributed by atoms with E-state index in [2.05, 4.69) is 20.6 Å². The smallest absolute Gasteiger partial charge is 0.267 e. The average Bonchev–Trinajstić information content (AvgIpc) is 3.43. The van der Waals surface area contributed by atoms with Gasteiger partial charge < -0.3 is 15.4 Å². The first kappa shape index (κ1) is 20.2. The van der Waals surface area contributed by atoms with Crippen LogP contribution in [0.5, 0.6) is 0 Å². The minimum Gasteiger partial charge on any atom is -0.376 e. The van der Waals surface area contributed by atoms with Gasteiger partial charge in [0.2, 0.25) is 0 Å². The highest BCUT2D eigenvalue weighted by Crippen LogP contribution is 2.27. The largest absolute Gasteiger partial charge is 0.376 e. The maximum atomic E-state index is 12.9. The van der Waals surface area contributed by atoms with E-state index in [4.69, 9.17) is 4.74 Å². The van der Waals surface area contributed by atoms with Crippen LogP contribution in [0.4, 0.5) is 5.69 Å². The molecule has 30 heavy (non-hydrogen) atoms. The Balaban J connectivity index is 1.48. The molecule has 1 aliphatic rings. The molecule has 0 saturated carbocycles. The maximum Gasteiger partial charge on any atom is 0.267 e. The van der Waals surface area contributed by atoms with Gasteiger partial charge in [-0.15, -0.1) is 11.3 Å². The number of thiazole rings is 1. The van der Waals surface area contributed by atoms with E-state index in [1.54, 1.807) is 37.4 Å². The Bertz CT molecular complexity index is 1050. The number of hydrogen-bond acceptors (Lipinski definition) is 6. The average molecular weight is 423 g/mol. The number of nitrogens with one attached hydrogen (secondary N) is 2. The van der Waals surface area contributed by atoms with Gasteiger partial charge in [0.25, 0.3) is 11.8 Å². The number of carbonyl (C=O) groups is 2. The summed E-state index contributed by atoms with van der Waals surface area (Å²) in [5, 5.41) is 6.44. The lowest BCUT2D eigenvalue weighted by Crippen LogP contribution is -2.32. The van der Waals surface area contributed by atoms with Gasteiger partial charge in [0, 0.05) is 19.3 Å². The number of aryl methyl sites for hydroxylation is 1. The molecule has 3 heterocycles. The third-order valence-corrected chi connectivity index (χ3v) is 6.00. The first-order valence-corrected chi connectivity index (χ1v) is 10.6. The highest BCUT2D eigenvalue weighted by molar-refractivity contribution is 7.17. The molecule has 0 radical (unpaired) electrons. The van der Waals surface area contributed by atoms with Gasteiger partial charge in [-0.2, -0.15) is 0 Å². The Morgan fingerprint density at radius 2 is 2.00 bits per heavy atom. The third-order valence-electron chi connectivity index (χ3n) is 4.82. The van der Waals surface area contributed by atoms with Crippen molar-refractivity contribution in [2.45, 2.75) is 25.9 Å². The Morgan fingerprint density at radius 3 is 2.77 bits per heavy atom. The van der Waals surface area contributed by atoms with Crippen molar-refractivity contribution in [1.29, 1.82) is 0 Å². The predicted octanol–water partition coefficient (Wildman–Crippen LogP) is 3.67. The molecule has 2 N–H and O–H groups in total. The second-order valence-electron chi connectivity index (χ2n) is 6.99. The first-order valence-electron chi connectivity index (χ1n) is 9.81. The van der Waals surface area contributed by atoms with Crippen LogP contribution < -0.4 is 10.6 Å². The van der Waals surface area contributed by atoms with E-state index in [-0.39, 0.29) is 17.9 Å². The van der Waals surface area contributed by atoms with Gasteiger partial charge >= 0.3 is 0 Å². The SMILES string of the molecule is Cc1nc(-c2ccccn2)sc1C(=O)Nc1ccccc1C(=O)NCC1CCCO1. The van der Waals surface area contributed by atoms with Crippen LogP contribution in [0.25, 0.3) is 10.7 Å². The van der Waals surface area contributed by atoms with E-state index in [1.165, 1.54) is 11.3 Å². The van der Waals surface area contributed by atoms with Crippen molar-refractivity contribution in [3.05, 3.63) is 64.8 Å². The standard InChI is InChI=1S/C22H22N4O3S/c1-14-19(30-22(25-14)18-10-4-5-11-23-18)21(28)26-17-9-3-2-8-16(17)20(27)24-13-15-7-6-12-29-15/h2-5,8-11,15H,6-7,12-13H2,1H3,(H,24,27)(H,26,28). The molecule has 1 atom stereocenters. The second kappa shape index (κ2) is 9.15. The zero-order valence-corrected chi connectivity index (χ0v) is 17.4. The predicted molar refractivity (Wildman–Crippen MR) is 116 cm³/mol. The summed E-state index contributed by atoms with van der Waals surface area (Å²) in [4.78, 5) is 34.8. The molecule has 0 spiro atoms. The third kappa shape index (κ3) is 4.55. The number of benzene rings is 1. The molecule has 2 aromatic heterocycles. The van der Waals surface area contributed by atoms with Gasteiger partial charge in [0.1, 0.15) is 9.88 Å². The number of amides is 2. The van der Waals surface area contributed by atoms with Crippen LogP contribution in [0.1, 0.15) is 38.6 Å². The van der Waals surface area contributed by atoms with E-state index in [0.29, 0.717) is 33.4 Å². The van der Waals surface area contributed by atoms with E-state index in [1.807, 2.05) is 18.2 Å². The summed E-state index contributed by atoms with van der Waals surface area (Å²) in [5.74, 6) is -0.539. The van der Waals surface area contributed by atoms with Gasteiger partial charge in [0.05, 0.1) is 28.7 Å². The van der Waals surface area contributed by atoms with E-state index in [0.717, 1.165) is 25.1 Å². The molecule has 1 unspecified atom stereocenters. The summed E-state index contributed by atoms with van der Waals surface area (Å²) in [6.07, 6.45) is 3.71. The number of ether oxygens (including phenoxy) is 1. The molecule has 1 saturated heterocycles. The number of carbonyl (C=O) groups excluding carboxylic acids is 2.